The molecule has 0 saturated carbocycles. The van der Waals surface area contributed by atoms with Gasteiger partial charge in [0.2, 0.25) is 10.0 Å². The van der Waals surface area contributed by atoms with Gasteiger partial charge in [-0.1, -0.05) is 48.0 Å². The fraction of sp³-hybridized carbons (Fsp3) is 0.500. The van der Waals surface area contributed by atoms with Crippen molar-refractivity contribution in [2.24, 2.45) is 0 Å². The highest BCUT2D eigenvalue weighted by atomic mass is 32.2. The molecule has 0 radical (unpaired) electrons. The maximum absolute atomic E-state index is 13.6. The van der Waals surface area contributed by atoms with E-state index in [2.05, 4.69) is 34.5 Å². The van der Waals surface area contributed by atoms with Gasteiger partial charge in [0.1, 0.15) is 0 Å². The number of rotatable bonds is 8. The zero-order valence-corrected chi connectivity index (χ0v) is 20.8. The van der Waals surface area contributed by atoms with Crippen molar-refractivity contribution in [2.75, 3.05) is 51.6 Å². The zero-order chi connectivity index (χ0) is 24.0. The molecule has 7 nitrogen and oxygen atoms in total. The van der Waals surface area contributed by atoms with E-state index in [0.717, 1.165) is 38.0 Å². The van der Waals surface area contributed by atoms with Crippen LogP contribution in [0.25, 0.3) is 0 Å². The third-order valence-electron chi connectivity index (χ3n) is 6.83. The number of piperazine rings is 1. The molecule has 0 aliphatic carbocycles. The second-order valence-corrected chi connectivity index (χ2v) is 11.4. The Labute approximate surface area is 203 Å². The number of sulfonamides is 1. The van der Waals surface area contributed by atoms with Crippen LogP contribution in [0.5, 0.6) is 0 Å². The van der Waals surface area contributed by atoms with Crippen molar-refractivity contribution >= 4 is 15.9 Å². The van der Waals surface area contributed by atoms with Crippen LogP contribution in [-0.4, -0.2) is 86.0 Å². The van der Waals surface area contributed by atoms with Gasteiger partial charge in [-0.15, -0.1) is 0 Å². The predicted octanol–water partition coefficient (Wildman–Crippen LogP) is 2.34. The monoisotopic (exact) mass is 484 g/mol. The number of piperidine rings is 1. The fourth-order valence-electron chi connectivity index (χ4n) is 4.89. The van der Waals surface area contributed by atoms with Crippen LogP contribution in [0, 0.1) is 6.92 Å². The van der Waals surface area contributed by atoms with Crippen molar-refractivity contribution in [2.45, 2.75) is 32.4 Å². The Morgan fingerprint density at radius 1 is 1.00 bits per heavy atom. The van der Waals surface area contributed by atoms with Crippen molar-refractivity contribution in [1.82, 2.24) is 19.4 Å². The number of aryl methyl sites for hydroxylation is 1. The van der Waals surface area contributed by atoms with Crippen molar-refractivity contribution in [3.8, 4) is 0 Å². The first-order valence-electron chi connectivity index (χ1n) is 12.2. The van der Waals surface area contributed by atoms with E-state index in [-0.39, 0.29) is 24.2 Å². The number of carbonyl (C=O) groups excluding carboxylic acids is 1. The van der Waals surface area contributed by atoms with E-state index in [4.69, 9.17) is 0 Å². The molecule has 34 heavy (non-hydrogen) atoms. The molecule has 0 aromatic heterocycles. The van der Waals surface area contributed by atoms with E-state index in [1.165, 1.54) is 5.56 Å². The highest BCUT2D eigenvalue weighted by Gasteiger charge is 2.31. The predicted molar refractivity (Wildman–Crippen MR) is 135 cm³/mol. The quantitative estimate of drug-likeness (QED) is 0.623. The van der Waals surface area contributed by atoms with Crippen LogP contribution < -0.4 is 5.32 Å². The van der Waals surface area contributed by atoms with Crippen LogP contribution in [-0.2, 0) is 16.6 Å². The van der Waals surface area contributed by atoms with E-state index < -0.39 is 10.0 Å². The Morgan fingerprint density at radius 3 is 2.38 bits per heavy atom. The van der Waals surface area contributed by atoms with Crippen LogP contribution in [0.2, 0.25) is 0 Å². The van der Waals surface area contributed by atoms with E-state index in [1.807, 2.05) is 42.2 Å². The maximum atomic E-state index is 13.6. The van der Waals surface area contributed by atoms with Gasteiger partial charge in [0.25, 0.3) is 5.91 Å². The smallest absolute Gasteiger partial charge is 0.254 e. The average Bonchev–Trinajstić information content (AvgIpc) is 2.86. The number of benzene rings is 2. The van der Waals surface area contributed by atoms with Crippen LogP contribution in [0.3, 0.4) is 0 Å². The van der Waals surface area contributed by atoms with E-state index in [1.54, 1.807) is 4.31 Å². The number of nitrogens with one attached hydrogen (secondary N) is 1. The fourth-order valence-corrected chi connectivity index (χ4v) is 6.31. The molecule has 2 saturated heterocycles. The van der Waals surface area contributed by atoms with Gasteiger partial charge in [-0.05, 0) is 37.5 Å². The molecule has 2 aliphatic heterocycles. The van der Waals surface area contributed by atoms with Crippen LogP contribution in [0.4, 0.5) is 0 Å². The molecule has 2 heterocycles. The molecule has 0 spiro atoms. The largest absolute Gasteiger partial charge is 0.334 e. The van der Waals surface area contributed by atoms with Crippen molar-refractivity contribution in [3.05, 3.63) is 71.3 Å². The molecule has 4 rings (SSSR count). The Balaban J connectivity index is 1.44. The third-order valence-corrected chi connectivity index (χ3v) is 8.68. The Morgan fingerprint density at radius 2 is 1.71 bits per heavy atom. The van der Waals surface area contributed by atoms with Crippen molar-refractivity contribution in [1.29, 1.82) is 0 Å². The molecule has 8 heteroatoms. The number of nitrogens with zero attached hydrogens (tertiary/aromatic N) is 3. The molecular formula is C26H36N4O3S. The summed E-state index contributed by atoms with van der Waals surface area (Å²) in [6.45, 7) is 7.20. The summed E-state index contributed by atoms with van der Waals surface area (Å²) in [5, 5.41) is 3.19. The summed E-state index contributed by atoms with van der Waals surface area (Å²) < 4.78 is 27.5. The summed E-state index contributed by atoms with van der Waals surface area (Å²) in [5.74, 6) is -0.102. The molecule has 2 fully saturated rings. The Kier molecular flexibility index (Phi) is 8.37. The minimum atomic E-state index is -3.40. The average molecular weight is 485 g/mol. The first-order valence-corrected chi connectivity index (χ1v) is 13.9. The molecule has 2 aromatic rings. The normalized spacial score (nSPS) is 18.6. The zero-order valence-electron chi connectivity index (χ0n) is 20.0. The lowest BCUT2D eigenvalue weighted by molar-refractivity contribution is 0.0582. The number of hydrogen-bond donors (Lipinski definition) is 1. The molecule has 1 N–H and O–H groups in total. The minimum Gasteiger partial charge on any atom is -0.334 e. The summed E-state index contributed by atoms with van der Waals surface area (Å²) in [6, 6.07) is 18.0. The topological polar surface area (TPSA) is 73.0 Å². The molecule has 184 valence electrons. The van der Waals surface area contributed by atoms with Crippen molar-refractivity contribution < 1.29 is 13.2 Å². The highest BCUT2D eigenvalue weighted by molar-refractivity contribution is 7.89. The SMILES string of the molecule is Cc1cccc(C(=O)N(CCS(=O)(=O)N2CCNCC2)C2CCN(Cc3ccccc3)CC2)c1. The third kappa shape index (κ3) is 6.44. The highest BCUT2D eigenvalue weighted by Crippen LogP contribution is 2.21. The molecule has 2 aromatic carbocycles. The van der Waals surface area contributed by atoms with Crippen molar-refractivity contribution in [3.63, 3.8) is 0 Å². The van der Waals surface area contributed by atoms with Gasteiger partial charge in [-0.3, -0.25) is 9.69 Å². The van der Waals surface area contributed by atoms with Gasteiger partial charge in [0.15, 0.2) is 0 Å². The Hall–Kier alpha value is -2.26. The number of likely N-dealkylation sites (tertiary alicyclic amines) is 1. The van der Waals surface area contributed by atoms with Crippen LogP contribution >= 0.6 is 0 Å². The first-order chi connectivity index (χ1) is 16.4. The summed E-state index contributed by atoms with van der Waals surface area (Å²) in [5.41, 5.74) is 2.94. The second kappa shape index (κ2) is 11.4. The second-order valence-electron chi connectivity index (χ2n) is 9.33. The van der Waals surface area contributed by atoms with E-state index >= 15 is 0 Å². The van der Waals surface area contributed by atoms with Crippen LogP contribution in [0.1, 0.15) is 34.3 Å². The van der Waals surface area contributed by atoms with Crippen LogP contribution in [0.15, 0.2) is 54.6 Å². The first kappa shape index (κ1) is 24.9. The van der Waals surface area contributed by atoms with Gasteiger partial charge in [-0.2, -0.15) is 4.31 Å². The number of amides is 1. The standard InChI is InChI=1S/C26H36N4O3S/c1-22-6-5-9-24(20-22)26(31)30(18-19-34(32,33)29-16-12-27-13-17-29)25-10-14-28(15-11-25)21-23-7-3-2-4-8-23/h2-9,20,25,27H,10-19,21H2,1H3. The summed E-state index contributed by atoms with van der Waals surface area (Å²) in [6.07, 6.45) is 1.69. The lowest BCUT2D eigenvalue weighted by Gasteiger charge is -2.39. The number of hydrogen-bond acceptors (Lipinski definition) is 5. The van der Waals surface area contributed by atoms with Gasteiger partial charge in [0.05, 0.1) is 5.75 Å². The molecular weight excluding hydrogens is 448 g/mol. The minimum absolute atomic E-state index is 0.0330. The van der Waals surface area contributed by atoms with E-state index in [9.17, 15) is 13.2 Å². The molecule has 0 bridgehead atoms. The Bertz CT molecular complexity index is 1050. The molecule has 1 amide bonds. The molecule has 2 aliphatic rings. The summed E-state index contributed by atoms with van der Waals surface area (Å²) in [4.78, 5) is 17.8. The molecule has 0 atom stereocenters. The lowest BCUT2D eigenvalue weighted by Crippen LogP contribution is -2.51. The lowest BCUT2D eigenvalue weighted by atomic mass is 10.0. The number of carbonyl (C=O) groups is 1. The van der Waals surface area contributed by atoms with Gasteiger partial charge in [-0.25, -0.2) is 8.42 Å². The summed E-state index contributed by atoms with van der Waals surface area (Å²) >= 11 is 0. The van der Waals surface area contributed by atoms with Gasteiger partial charge in [0, 0.05) is 64.0 Å². The van der Waals surface area contributed by atoms with E-state index in [0.29, 0.717) is 31.7 Å². The summed E-state index contributed by atoms with van der Waals surface area (Å²) in [7, 11) is -3.40. The van der Waals surface area contributed by atoms with Gasteiger partial charge < -0.3 is 10.2 Å². The molecule has 0 unspecified atom stereocenters. The van der Waals surface area contributed by atoms with Gasteiger partial charge >= 0.3 is 0 Å². The maximum Gasteiger partial charge on any atom is 0.254 e.